The van der Waals surface area contributed by atoms with Crippen LogP contribution < -0.4 is 0 Å². The number of aryl methyl sites for hydroxylation is 1. The van der Waals surface area contributed by atoms with Crippen LogP contribution in [0.4, 0.5) is 0 Å². The van der Waals surface area contributed by atoms with Gasteiger partial charge in [0.05, 0.1) is 6.42 Å². The molecule has 3 rings (SSSR count). The second-order valence-electron chi connectivity index (χ2n) is 5.82. The van der Waals surface area contributed by atoms with Crippen LogP contribution in [-0.2, 0) is 24.2 Å². The van der Waals surface area contributed by atoms with Crippen LogP contribution in [0.1, 0.15) is 30.5 Å². The molecule has 0 unspecified atom stereocenters. The summed E-state index contributed by atoms with van der Waals surface area (Å²) in [7, 11) is 0. The highest BCUT2D eigenvalue weighted by Crippen LogP contribution is 2.22. The van der Waals surface area contributed by atoms with Crippen LogP contribution in [0.15, 0.2) is 23.8 Å². The van der Waals surface area contributed by atoms with Gasteiger partial charge in [-0.2, -0.15) is 0 Å². The maximum Gasteiger partial charge on any atom is 0.227 e. The van der Waals surface area contributed by atoms with Gasteiger partial charge < -0.3 is 9.47 Å². The summed E-state index contributed by atoms with van der Waals surface area (Å²) in [6, 6.07) is 4.04. The van der Waals surface area contributed by atoms with Gasteiger partial charge in [0, 0.05) is 30.9 Å². The molecule has 1 saturated heterocycles. The molecule has 6 heteroatoms. The molecule has 1 amide bonds. The molecule has 5 nitrogen and oxygen atoms in total. The fraction of sp³-hybridized carbons (Fsp3) is 0.562. The molecule has 22 heavy (non-hydrogen) atoms. The van der Waals surface area contributed by atoms with Crippen molar-refractivity contribution in [2.24, 2.45) is 5.92 Å². The Morgan fingerprint density at radius 2 is 2.23 bits per heavy atom. The molecule has 0 radical (unpaired) electrons. The summed E-state index contributed by atoms with van der Waals surface area (Å²) in [5, 5.41) is 10.2. The predicted molar refractivity (Wildman–Crippen MR) is 86.7 cm³/mol. The lowest BCUT2D eigenvalue weighted by Gasteiger charge is -2.31. The van der Waals surface area contributed by atoms with Crippen LogP contribution in [-0.4, -0.2) is 38.7 Å². The summed E-state index contributed by atoms with van der Waals surface area (Å²) in [5.41, 5.74) is 0. The first-order valence-electron chi connectivity index (χ1n) is 7.93. The average molecular weight is 318 g/mol. The summed E-state index contributed by atoms with van der Waals surface area (Å²) in [6.07, 6.45) is 5.45. The molecule has 0 aliphatic carbocycles. The van der Waals surface area contributed by atoms with E-state index >= 15 is 0 Å². The van der Waals surface area contributed by atoms with Gasteiger partial charge in [0.1, 0.15) is 12.2 Å². The van der Waals surface area contributed by atoms with E-state index in [0.29, 0.717) is 12.3 Å². The molecule has 2 aromatic heterocycles. The van der Waals surface area contributed by atoms with E-state index in [4.69, 9.17) is 0 Å². The lowest BCUT2D eigenvalue weighted by molar-refractivity contribution is -0.131. The molecule has 0 bridgehead atoms. The van der Waals surface area contributed by atoms with Crippen LogP contribution in [0.5, 0.6) is 0 Å². The highest BCUT2D eigenvalue weighted by Gasteiger charge is 2.24. The van der Waals surface area contributed by atoms with Gasteiger partial charge in [0.25, 0.3) is 0 Å². The van der Waals surface area contributed by atoms with Crippen molar-refractivity contribution in [1.82, 2.24) is 19.7 Å². The minimum Gasteiger partial charge on any atom is -0.342 e. The molecule has 0 saturated carbocycles. The van der Waals surface area contributed by atoms with Crippen molar-refractivity contribution in [2.45, 2.75) is 39.2 Å². The van der Waals surface area contributed by atoms with E-state index in [9.17, 15) is 4.79 Å². The smallest absolute Gasteiger partial charge is 0.227 e. The topological polar surface area (TPSA) is 51.0 Å². The Bertz CT molecular complexity index is 599. The van der Waals surface area contributed by atoms with Crippen molar-refractivity contribution in [3.8, 4) is 0 Å². The molecule has 0 atom stereocenters. The highest BCUT2D eigenvalue weighted by molar-refractivity contribution is 7.10. The van der Waals surface area contributed by atoms with Crippen LogP contribution in [0.2, 0.25) is 0 Å². The molecule has 0 spiro atoms. The van der Waals surface area contributed by atoms with E-state index in [0.717, 1.165) is 49.6 Å². The van der Waals surface area contributed by atoms with Crippen LogP contribution in [0.25, 0.3) is 0 Å². The van der Waals surface area contributed by atoms with E-state index in [1.54, 1.807) is 17.7 Å². The number of piperidine rings is 1. The van der Waals surface area contributed by atoms with Gasteiger partial charge in [0.2, 0.25) is 5.91 Å². The fourth-order valence-corrected chi connectivity index (χ4v) is 3.72. The van der Waals surface area contributed by atoms with Crippen molar-refractivity contribution in [3.63, 3.8) is 0 Å². The number of amides is 1. The van der Waals surface area contributed by atoms with Crippen LogP contribution in [0, 0.1) is 5.92 Å². The number of carbonyl (C=O) groups is 1. The Kier molecular flexibility index (Phi) is 4.87. The summed E-state index contributed by atoms with van der Waals surface area (Å²) in [4.78, 5) is 15.5. The summed E-state index contributed by atoms with van der Waals surface area (Å²) in [6.45, 7) is 4.77. The van der Waals surface area contributed by atoms with Crippen molar-refractivity contribution in [2.75, 3.05) is 13.1 Å². The molecule has 3 heterocycles. The van der Waals surface area contributed by atoms with E-state index in [2.05, 4.69) is 21.7 Å². The molecule has 1 aliphatic heterocycles. The first-order chi connectivity index (χ1) is 10.8. The maximum absolute atomic E-state index is 12.3. The molecular weight excluding hydrogens is 296 g/mol. The number of likely N-dealkylation sites (tertiary alicyclic amines) is 1. The van der Waals surface area contributed by atoms with E-state index in [1.165, 1.54) is 0 Å². The summed E-state index contributed by atoms with van der Waals surface area (Å²) < 4.78 is 2.11. The number of aromatic nitrogens is 3. The van der Waals surface area contributed by atoms with Gasteiger partial charge >= 0.3 is 0 Å². The molecule has 1 aliphatic rings. The lowest BCUT2D eigenvalue weighted by atomic mass is 9.93. The SMILES string of the molecule is CCn1cnnc1CC1CCN(C(=O)Cc2cccs2)CC1. The predicted octanol–water partition coefficient (Wildman–Crippen LogP) is 2.38. The number of hydrogen-bond donors (Lipinski definition) is 0. The minimum atomic E-state index is 0.262. The number of carbonyl (C=O) groups excluding carboxylic acids is 1. The van der Waals surface area contributed by atoms with E-state index < -0.39 is 0 Å². The molecular formula is C16H22N4OS. The zero-order valence-corrected chi connectivity index (χ0v) is 13.8. The lowest BCUT2D eigenvalue weighted by Crippen LogP contribution is -2.39. The standard InChI is InChI=1S/C16H22N4OS/c1-2-19-12-17-18-15(19)10-13-5-7-20(8-6-13)16(21)11-14-4-3-9-22-14/h3-4,9,12-13H,2,5-8,10-11H2,1H3. The highest BCUT2D eigenvalue weighted by atomic mass is 32.1. The van der Waals surface area contributed by atoms with Crippen molar-refractivity contribution >= 4 is 17.2 Å². The van der Waals surface area contributed by atoms with Gasteiger partial charge in [-0.25, -0.2) is 0 Å². The quantitative estimate of drug-likeness (QED) is 0.850. The number of hydrogen-bond acceptors (Lipinski definition) is 4. The number of rotatable bonds is 5. The Morgan fingerprint density at radius 3 is 2.91 bits per heavy atom. The minimum absolute atomic E-state index is 0.262. The van der Waals surface area contributed by atoms with Gasteiger partial charge in [-0.3, -0.25) is 4.79 Å². The number of nitrogens with zero attached hydrogens (tertiary/aromatic N) is 4. The molecule has 118 valence electrons. The average Bonchev–Trinajstić information content (AvgIpc) is 3.19. The Hall–Kier alpha value is -1.69. The van der Waals surface area contributed by atoms with E-state index in [-0.39, 0.29) is 5.91 Å². The van der Waals surface area contributed by atoms with Gasteiger partial charge in [-0.1, -0.05) is 6.07 Å². The Balaban J connectivity index is 1.49. The zero-order valence-electron chi connectivity index (χ0n) is 12.9. The van der Waals surface area contributed by atoms with Crippen LogP contribution >= 0.6 is 11.3 Å². The second-order valence-corrected chi connectivity index (χ2v) is 6.85. The van der Waals surface area contributed by atoms with Crippen LogP contribution in [0.3, 0.4) is 0 Å². The second kappa shape index (κ2) is 7.05. The van der Waals surface area contributed by atoms with Crippen molar-refractivity contribution < 1.29 is 4.79 Å². The largest absolute Gasteiger partial charge is 0.342 e. The third kappa shape index (κ3) is 3.55. The molecule has 1 fully saturated rings. The van der Waals surface area contributed by atoms with Crippen molar-refractivity contribution in [3.05, 3.63) is 34.5 Å². The third-order valence-corrected chi connectivity index (χ3v) is 5.26. The molecule has 0 aromatic carbocycles. The van der Waals surface area contributed by atoms with Gasteiger partial charge in [-0.05, 0) is 37.1 Å². The summed E-state index contributed by atoms with van der Waals surface area (Å²) >= 11 is 1.66. The summed E-state index contributed by atoms with van der Waals surface area (Å²) in [5.74, 6) is 1.95. The Morgan fingerprint density at radius 1 is 1.41 bits per heavy atom. The Labute approximate surface area is 135 Å². The number of thiophene rings is 1. The van der Waals surface area contributed by atoms with E-state index in [1.807, 2.05) is 22.4 Å². The first-order valence-corrected chi connectivity index (χ1v) is 8.81. The third-order valence-electron chi connectivity index (χ3n) is 4.38. The first kappa shape index (κ1) is 15.2. The van der Waals surface area contributed by atoms with Gasteiger partial charge in [-0.15, -0.1) is 21.5 Å². The zero-order chi connectivity index (χ0) is 15.4. The molecule has 0 N–H and O–H groups in total. The fourth-order valence-electron chi connectivity index (χ4n) is 3.02. The maximum atomic E-state index is 12.3. The monoisotopic (exact) mass is 318 g/mol. The molecule has 2 aromatic rings. The van der Waals surface area contributed by atoms with Crippen molar-refractivity contribution in [1.29, 1.82) is 0 Å². The normalized spacial score (nSPS) is 16.1. The van der Waals surface area contributed by atoms with Gasteiger partial charge in [0.15, 0.2) is 0 Å².